The third-order valence-electron chi connectivity index (χ3n) is 4.06. The zero-order valence-electron chi connectivity index (χ0n) is 13.8. The number of ether oxygens (including phenoxy) is 2. The molecule has 2 nitrogen and oxygen atoms in total. The molecule has 2 aromatic carbocycles. The molecule has 0 bridgehead atoms. The summed E-state index contributed by atoms with van der Waals surface area (Å²) in [6.45, 7) is 1.22. The average Bonchev–Trinajstić information content (AvgIpc) is 2.90. The highest BCUT2D eigenvalue weighted by Gasteiger charge is 2.44. The molecule has 26 heavy (non-hydrogen) atoms. The van der Waals surface area contributed by atoms with Gasteiger partial charge >= 0.3 is 0 Å². The molecule has 0 N–H and O–H groups in total. The van der Waals surface area contributed by atoms with Crippen LogP contribution in [-0.2, 0) is 22.7 Å². The minimum Gasteiger partial charge on any atom is -0.376 e. The standard InChI is InChI=1S/C19H18BrCl2FO2S/c20-19-17(23)18(25-10-13-3-7-15(22)8-4-13)16(26-19)11-24-9-12-1-5-14(21)6-2-12/h1-8,16-19H,9-11H2/t16-,17+,18-,19?/m1/s1. The lowest BCUT2D eigenvalue weighted by Gasteiger charge is -2.21. The van der Waals surface area contributed by atoms with Crippen molar-refractivity contribution in [2.75, 3.05) is 6.61 Å². The van der Waals surface area contributed by atoms with Crippen molar-refractivity contribution >= 4 is 50.9 Å². The van der Waals surface area contributed by atoms with Crippen LogP contribution in [-0.4, -0.2) is 28.3 Å². The van der Waals surface area contributed by atoms with Gasteiger partial charge in [0.15, 0.2) is 0 Å². The Morgan fingerprint density at radius 2 is 1.46 bits per heavy atom. The van der Waals surface area contributed by atoms with E-state index in [1.165, 1.54) is 11.8 Å². The van der Waals surface area contributed by atoms with E-state index in [2.05, 4.69) is 15.9 Å². The van der Waals surface area contributed by atoms with Gasteiger partial charge in [0.2, 0.25) is 0 Å². The summed E-state index contributed by atoms with van der Waals surface area (Å²) in [5.41, 5.74) is 1.99. The fraction of sp³-hybridized carbons (Fsp3) is 0.368. The molecule has 0 spiro atoms. The second-order valence-corrected chi connectivity index (χ2v) is 9.86. The number of rotatable bonds is 7. The first kappa shape index (κ1) is 20.4. The van der Waals surface area contributed by atoms with Crippen molar-refractivity contribution in [1.82, 2.24) is 0 Å². The van der Waals surface area contributed by atoms with Gasteiger partial charge < -0.3 is 9.47 Å². The Kier molecular flexibility index (Phi) is 7.67. The van der Waals surface area contributed by atoms with Gasteiger partial charge in [0.1, 0.15) is 12.3 Å². The van der Waals surface area contributed by atoms with Crippen molar-refractivity contribution < 1.29 is 13.9 Å². The van der Waals surface area contributed by atoms with Crippen molar-refractivity contribution in [2.45, 2.75) is 34.9 Å². The average molecular weight is 480 g/mol. The van der Waals surface area contributed by atoms with Crippen LogP contribution in [0.25, 0.3) is 0 Å². The van der Waals surface area contributed by atoms with Gasteiger partial charge in [0.25, 0.3) is 0 Å². The van der Waals surface area contributed by atoms with E-state index >= 15 is 0 Å². The number of hydrogen-bond acceptors (Lipinski definition) is 3. The van der Waals surface area contributed by atoms with Crippen LogP contribution >= 0.6 is 50.9 Å². The molecular formula is C19H18BrCl2FO2S. The minimum atomic E-state index is -1.09. The van der Waals surface area contributed by atoms with E-state index in [4.69, 9.17) is 32.7 Å². The van der Waals surface area contributed by atoms with Gasteiger partial charge in [-0.25, -0.2) is 4.39 Å². The summed E-state index contributed by atoms with van der Waals surface area (Å²) < 4.78 is 25.9. The largest absolute Gasteiger partial charge is 0.376 e. The van der Waals surface area contributed by atoms with Crippen LogP contribution in [0, 0.1) is 0 Å². The molecule has 2 aromatic rings. The first-order valence-electron chi connectivity index (χ1n) is 8.15. The summed E-state index contributed by atoms with van der Waals surface area (Å²) in [7, 11) is 0. The highest BCUT2D eigenvalue weighted by atomic mass is 79.9. The molecule has 1 fully saturated rings. The van der Waals surface area contributed by atoms with Gasteiger partial charge in [-0.3, -0.25) is 0 Å². The summed E-state index contributed by atoms with van der Waals surface area (Å²) >= 11 is 16.7. The number of alkyl halides is 2. The molecule has 0 aromatic heterocycles. The van der Waals surface area contributed by atoms with E-state index in [0.29, 0.717) is 29.9 Å². The highest BCUT2D eigenvalue weighted by molar-refractivity contribution is 9.11. The lowest BCUT2D eigenvalue weighted by Crippen LogP contribution is -2.33. The van der Waals surface area contributed by atoms with Crippen molar-refractivity contribution in [3.8, 4) is 0 Å². The quantitative estimate of drug-likeness (QED) is 0.436. The van der Waals surface area contributed by atoms with Crippen LogP contribution in [0.3, 0.4) is 0 Å². The second kappa shape index (κ2) is 9.76. The molecule has 0 amide bonds. The molecule has 1 aliphatic rings. The SMILES string of the molecule is F[C@@H]1C(Br)S[C@H](COCc2ccc(Cl)cc2)[C@H]1OCc1ccc(Cl)cc1. The van der Waals surface area contributed by atoms with Crippen LogP contribution in [0.2, 0.25) is 10.0 Å². The normalized spacial score (nSPS) is 25.5. The third-order valence-corrected chi connectivity index (χ3v) is 6.99. The van der Waals surface area contributed by atoms with E-state index in [1.807, 2.05) is 36.4 Å². The molecule has 0 saturated carbocycles. The van der Waals surface area contributed by atoms with Crippen molar-refractivity contribution in [1.29, 1.82) is 0 Å². The Hall–Kier alpha value is -0.300. The zero-order chi connectivity index (χ0) is 18.5. The summed E-state index contributed by atoms with van der Waals surface area (Å²) in [5.74, 6) is 0. The molecule has 1 aliphatic heterocycles. The topological polar surface area (TPSA) is 18.5 Å². The summed E-state index contributed by atoms with van der Waals surface area (Å²) in [6, 6.07) is 14.9. The Morgan fingerprint density at radius 1 is 0.923 bits per heavy atom. The molecule has 7 heteroatoms. The molecule has 140 valence electrons. The van der Waals surface area contributed by atoms with Crippen LogP contribution in [0.15, 0.2) is 48.5 Å². The van der Waals surface area contributed by atoms with Crippen LogP contribution in [0.1, 0.15) is 11.1 Å². The van der Waals surface area contributed by atoms with Gasteiger partial charge in [-0.1, -0.05) is 63.4 Å². The maximum atomic E-state index is 14.5. The lowest BCUT2D eigenvalue weighted by molar-refractivity contribution is -0.0179. The van der Waals surface area contributed by atoms with Gasteiger partial charge in [-0.15, -0.1) is 11.8 Å². The van der Waals surface area contributed by atoms with E-state index in [9.17, 15) is 4.39 Å². The fourth-order valence-electron chi connectivity index (χ4n) is 2.65. The van der Waals surface area contributed by atoms with E-state index < -0.39 is 12.3 Å². The summed E-state index contributed by atoms with van der Waals surface area (Å²) in [6.07, 6.45) is -1.61. The van der Waals surface area contributed by atoms with E-state index in [1.54, 1.807) is 12.1 Å². The molecule has 0 radical (unpaired) electrons. The number of hydrogen-bond donors (Lipinski definition) is 0. The molecule has 0 aliphatic carbocycles. The lowest BCUT2D eigenvalue weighted by atomic mass is 10.1. The maximum absolute atomic E-state index is 14.5. The smallest absolute Gasteiger partial charge is 0.149 e. The third kappa shape index (κ3) is 5.60. The fourth-order valence-corrected chi connectivity index (χ4v) is 5.24. The predicted octanol–water partition coefficient (Wildman–Crippen LogP) is 6.27. The molecule has 3 rings (SSSR count). The molecular weight excluding hydrogens is 462 g/mol. The maximum Gasteiger partial charge on any atom is 0.149 e. The van der Waals surface area contributed by atoms with E-state index in [-0.39, 0.29) is 9.41 Å². The monoisotopic (exact) mass is 478 g/mol. The number of halogens is 4. The van der Waals surface area contributed by atoms with Gasteiger partial charge in [0, 0.05) is 10.0 Å². The summed E-state index contributed by atoms with van der Waals surface area (Å²) in [4.78, 5) is 0. The predicted molar refractivity (Wildman–Crippen MR) is 110 cm³/mol. The Bertz CT molecular complexity index is 702. The van der Waals surface area contributed by atoms with Crippen molar-refractivity contribution in [2.24, 2.45) is 0 Å². The summed E-state index contributed by atoms with van der Waals surface area (Å²) in [5, 5.41) is 1.29. The van der Waals surface area contributed by atoms with Gasteiger partial charge in [0.05, 0.1) is 29.2 Å². The molecule has 1 unspecified atom stereocenters. The number of benzene rings is 2. The Labute approximate surface area is 175 Å². The van der Waals surface area contributed by atoms with Crippen LogP contribution < -0.4 is 0 Å². The van der Waals surface area contributed by atoms with Crippen molar-refractivity contribution in [3.63, 3.8) is 0 Å². The van der Waals surface area contributed by atoms with Crippen LogP contribution in [0.4, 0.5) is 4.39 Å². The Balaban J connectivity index is 1.52. The van der Waals surface area contributed by atoms with Crippen molar-refractivity contribution in [3.05, 3.63) is 69.7 Å². The first-order chi connectivity index (χ1) is 12.5. The van der Waals surface area contributed by atoms with Gasteiger partial charge in [-0.05, 0) is 35.4 Å². The second-order valence-electron chi connectivity index (χ2n) is 6.01. The minimum absolute atomic E-state index is 0.0750. The zero-order valence-corrected chi connectivity index (χ0v) is 17.7. The van der Waals surface area contributed by atoms with Crippen LogP contribution in [0.5, 0.6) is 0 Å². The highest BCUT2D eigenvalue weighted by Crippen LogP contribution is 2.41. The molecule has 4 atom stereocenters. The molecule has 1 saturated heterocycles. The van der Waals surface area contributed by atoms with Gasteiger partial charge in [-0.2, -0.15) is 0 Å². The van der Waals surface area contributed by atoms with E-state index in [0.717, 1.165) is 11.1 Å². The Morgan fingerprint density at radius 3 is 2.04 bits per heavy atom. The molecule has 1 heterocycles. The number of thioether (sulfide) groups is 1. The first-order valence-corrected chi connectivity index (χ1v) is 10.8.